The van der Waals surface area contributed by atoms with Gasteiger partial charge < -0.3 is 0 Å². The van der Waals surface area contributed by atoms with E-state index >= 15 is 0 Å². The molecule has 0 rings (SSSR count). The molecule has 13 heavy (non-hydrogen) atoms. The average molecular weight is 200 g/mol. The lowest BCUT2D eigenvalue weighted by Crippen LogP contribution is -2.08. The largest absolute Gasteiger partial charge is 0.255 e. The number of alkyl halides is 3. The van der Waals surface area contributed by atoms with Gasteiger partial charge in [-0.2, -0.15) is 0 Å². The van der Waals surface area contributed by atoms with Crippen molar-refractivity contribution in [2.45, 2.75) is 53.4 Å². The van der Waals surface area contributed by atoms with Crippen molar-refractivity contribution in [2.75, 3.05) is 7.18 Å². The summed E-state index contributed by atoms with van der Waals surface area (Å²) in [7, 11) is 0.500. The van der Waals surface area contributed by atoms with E-state index < -0.39 is 6.43 Å². The van der Waals surface area contributed by atoms with Gasteiger partial charge in [-0.25, -0.2) is 8.78 Å². The second kappa shape index (κ2) is 17.8. The zero-order valence-corrected chi connectivity index (χ0v) is 9.41. The molecule has 0 aliphatic carbocycles. The third-order valence-electron chi connectivity index (χ3n) is 1.54. The highest BCUT2D eigenvalue weighted by molar-refractivity contribution is 4.57. The van der Waals surface area contributed by atoms with Crippen molar-refractivity contribution in [1.29, 1.82) is 0 Å². The summed E-state index contributed by atoms with van der Waals surface area (Å²) in [5.74, 6) is -0.366. The second-order valence-electron chi connectivity index (χ2n) is 2.29. The lowest BCUT2D eigenvalue weighted by atomic mass is 10.0. The van der Waals surface area contributed by atoms with Gasteiger partial charge in [0.1, 0.15) is 0 Å². The van der Waals surface area contributed by atoms with Crippen molar-refractivity contribution in [2.24, 2.45) is 5.92 Å². The average Bonchev–Trinajstić information content (AvgIpc) is 2.20. The number of rotatable bonds is 4. The lowest BCUT2D eigenvalue weighted by Gasteiger charge is -2.10. The molecule has 1 atom stereocenters. The van der Waals surface area contributed by atoms with Crippen LogP contribution in [0.15, 0.2) is 0 Å². The van der Waals surface area contributed by atoms with Gasteiger partial charge in [0.15, 0.2) is 0 Å². The highest BCUT2D eigenvalue weighted by atomic mass is 19.3. The normalized spacial score (nSPS) is 10.8. The molecular weight excluding hydrogens is 177 g/mol. The van der Waals surface area contributed by atoms with E-state index in [1.165, 1.54) is 0 Å². The molecule has 0 fully saturated rings. The van der Waals surface area contributed by atoms with Crippen LogP contribution in [0.1, 0.15) is 47.0 Å². The summed E-state index contributed by atoms with van der Waals surface area (Å²) in [6.45, 7) is 7.75. The molecule has 84 valence electrons. The molecule has 0 aromatic rings. The van der Waals surface area contributed by atoms with Gasteiger partial charge in [0.2, 0.25) is 6.43 Å². The minimum absolute atomic E-state index is 0.366. The molecule has 0 spiro atoms. The molecule has 0 saturated heterocycles. The maximum absolute atomic E-state index is 11.9. The first kappa shape index (κ1) is 18.5. The Morgan fingerprint density at radius 2 is 1.38 bits per heavy atom. The standard InChI is InChI=1S/C7H14F2.C2H6.CH3F/c1-3-5-6(4-2)7(8)9;2*1-2/h6-7H,3-5H2,1-2H3;1-2H3;1H3. The third-order valence-corrected chi connectivity index (χ3v) is 1.54. The van der Waals surface area contributed by atoms with Crippen molar-refractivity contribution in [3.63, 3.8) is 0 Å². The maximum atomic E-state index is 11.9. The van der Waals surface area contributed by atoms with E-state index in [0.717, 1.165) is 6.42 Å². The van der Waals surface area contributed by atoms with E-state index in [1.54, 1.807) is 0 Å². The first-order chi connectivity index (χ1) is 6.22. The van der Waals surface area contributed by atoms with Gasteiger partial charge >= 0.3 is 0 Å². The van der Waals surface area contributed by atoms with Crippen LogP contribution in [0.2, 0.25) is 0 Å². The molecular formula is C10H23F3. The van der Waals surface area contributed by atoms with Crippen LogP contribution in [0.4, 0.5) is 13.2 Å². The summed E-state index contributed by atoms with van der Waals surface area (Å²) < 4.78 is 33.3. The topological polar surface area (TPSA) is 0 Å². The minimum atomic E-state index is -2.12. The quantitative estimate of drug-likeness (QED) is 0.617. The molecule has 3 heteroatoms. The monoisotopic (exact) mass is 200 g/mol. The lowest BCUT2D eigenvalue weighted by molar-refractivity contribution is 0.0698. The van der Waals surface area contributed by atoms with Crippen LogP contribution in [0.5, 0.6) is 0 Å². The van der Waals surface area contributed by atoms with Gasteiger partial charge in [-0.1, -0.05) is 34.1 Å². The smallest absolute Gasteiger partial charge is 0.241 e. The van der Waals surface area contributed by atoms with E-state index in [1.807, 2.05) is 27.7 Å². The van der Waals surface area contributed by atoms with Gasteiger partial charge in [0, 0.05) is 5.92 Å². The molecule has 0 bridgehead atoms. The van der Waals surface area contributed by atoms with Crippen LogP contribution < -0.4 is 0 Å². The molecule has 0 heterocycles. The van der Waals surface area contributed by atoms with Crippen molar-refractivity contribution in [3.05, 3.63) is 0 Å². The molecule has 0 aliphatic rings. The van der Waals surface area contributed by atoms with E-state index in [-0.39, 0.29) is 5.92 Å². The minimum Gasteiger partial charge on any atom is -0.255 e. The fourth-order valence-corrected chi connectivity index (χ4v) is 0.879. The van der Waals surface area contributed by atoms with Gasteiger partial charge in [0.05, 0.1) is 7.18 Å². The fraction of sp³-hybridized carbons (Fsp3) is 1.00. The molecule has 0 aromatic heterocycles. The summed E-state index contributed by atoms with van der Waals surface area (Å²) in [4.78, 5) is 0. The summed E-state index contributed by atoms with van der Waals surface area (Å²) in [5, 5.41) is 0. The van der Waals surface area contributed by atoms with Crippen molar-refractivity contribution < 1.29 is 13.2 Å². The summed E-state index contributed by atoms with van der Waals surface area (Å²) in [5.41, 5.74) is 0. The summed E-state index contributed by atoms with van der Waals surface area (Å²) in [6.07, 6.45) is 0.0117. The Kier molecular flexibility index (Phi) is 25.3. The van der Waals surface area contributed by atoms with Crippen LogP contribution in [0.25, 0.3) is 0 Å². The fourth-order valence-electron chi connectivity index (χ4n) is 0.879. The second-order valence-corrected chi connectivity index (χ2v) is 2.29. The van der Waals surface area contributed by atoms with Crippen LogP contribution in [-0.2, 0) is 0 Å². The molecule has 0 N–H and O–H groups in total. The molecule has 0 nitrogen and oxygen atoms in total. The first-order valence-corrected chi connectivity index (χ1v) is 4.88. The van der Waals surface area contributed by atoms with Crippen molar-refractivity contribution in [3.8, 4) is 0 Å². The van der Waals surface area contributed by atoms with Gasteiger partial charge in [0.25, 0.3) is 0 Å². The number of hydrogen-bond acceptors (Lipinski definition) is 0. The molecule has 0 aromatic carbocycles. The van der Waals surface area contributed by atoms with Crippen molar-refractivity contribution in [1.82, 2.24) is 0 Å². The molecule has 0 amide bonds. The van der Waals surface area contributed by atoms with E-state index in [0.29, 0.717) is 20.0 Å². The number of halogens is 3. The van der Waals surface area contributed by atoms with E-state index in [9.17, 15) is 13.2 Å². The van der Waals surface area contributed by atoms with Gasteiger partial charge in [-0.3, -0.25) is 4.39 Å². The Balaban J connectivity index is -0.000000218. The maximum Gasteiger partial charge on any atom is 0.241 e. The zero-order valence-electron chi connectivity index (χ0n) is 9.41. The summed E-state index contributed by atoms with van der Waals surface area (Å²) in [6, 6.07) is 0. The Morgan fingerprint density at radius 1 is 1.00 bits per heavy atom. The van der Waals surface area contributed by atoms with E-state index in [4.69, 9.17) is 0 Å². The van der Waals surface area contributed by atoms with Crippen LogP contribution >= 0.6 is 0 Å². The van der Waals surface area contributed by atoms with Gasteiger partial charge in [-0.05, 0) is 12.8 Å². The first-order valence-electron chi connectivity index (χ1n) is 4.88. The highest BCUT2D eigenvalue weighted by Gasteiger charge is 2.15. The molecule has 0 saturated carbocycles. The SMILES string of the molecule is CC.CCCC(CC)C(F)F.CF. The van der Waals surface area contributed by atoms with E-state index in [2.05, 4.69) is 0 Å². The number of hydrogen-bond donors (Lipinski definition) is 0. The van der Waals surface area contributed by atoms with Crippen LogP contribution in [0, 0.1) is 5.92 Å². The predicted molar refractivity (Wildman–Crippen MR) is 53.1 cm³/mol. The van der Waals surface area contributed by atoms with Crippen LogP contribution in [0.3, 0.4) is 0 Å². The zero-order chi connectivity index (χ0) is 11.3. The Morgan fingerprint density at radius 3 is 1.46 bits per heavy atom. The van der Waals surface area contributed by atoms with Crippen molar-refractivity contribution >= 4 is 0 Å². The van der Waals surface area contributed by atoms with Gasteiger partial charge in [-0.15, -0.1) is 0 Å². The Hall–Kier alpha value is -0.210. The third kappa shape index (κ3) is 14.6. The molecule has 1 unspecified atom stereocenters. The Labute approximate surface area is 80.5 Å². The molecule has 0 radical (unpaired) electrons. The Bertz CT molecular complexity index is 65.2. The predicted octanol–water partition coefficient (Wildman–Crippen LogP) is 4.69. The molecule has 0 aliphatic heterocycles. The summed E-state index contributed by atoms with van der Waals surface area (Å²) >= 11 is 0. The highest BCUT2D eigenvalue weighted by Crippen LogP contribution is 2.18. The van der Waals surface area contributed by atoms with Crippen LogP contribution in [-0.4, -0.2) is 13.6 Å².